The van der Waals surface area contributed by atoms with Crippen LogP contribution in [0.1, 0.15) is 5.56 Å². The van der Waals surface area contributed by atoms with E-state index in [1.807, 2.05) is 24.3 Å². The Bertz CT molecular complexity index is 367. The first kappa shape index (κ1) is 17.9. The van der Waals surface area contributed by atoms with Crippen molar-refractivity contribution in [3.63, 3.8) is 0 Å². The molecule has 0 saturated heterocycles. The summed E-state index contributed by atoms with van der Waals surface area (Å²) in [5.41, 5.74) is 1.16. The van der Waals surface area contributed by atoms with Gasteiger partial charge in [-0.2, -0.15) is 0 Å². The predicted molar refractivity (Wildman–Crippen MR) is 77.4 cm³/mol. The maximum atomic E-state index is 9.66. The zero-order valence-corrected chi connectivity index (χ0v) is 12.3. The highest BCUT2D eigenvalue weighted by molar-refractivity contribution is 5.27. The standard InChI is InChI=1S/C15H24O6/c1-19-7-6-12-2-4-15(5-3-12)21-11-14(18)10-20-9-13(17)8-16/h2-5,13-14,16-18H,6-11H2,1H3. The van der Waals surface area contributed by atoms with E-state index >= 15 is 0 Å². The van der Waals surface area contributed by atoms with Crippen molar-refractivity contribution < 1.29 is 29.5 Å². The second-order valence-corrected chi connectivity index (χ2v) is 4.73. The Morgan fingerprint density at radius 2 is 1.67 bits per heavy atom. The van der Waals surface area contributed by atoms with Gasteiger partial charge in [-0.15, -0.1) is 0 Å². The number of hydrogen-bond acceptors (Lipinski definition) is 6. The molecule has 0 radical (unpaired) electrons. The highest BCUT2D eigenvalue weighted by atomic mass is 16.5. The van der Waals surface area contributed by atoms with Crippen LogP contribution < -0.4 is 4.74 Å². The Labute approximate surface area is 124 Å². The fourth-order valence-corrected chi connectivity index (χ4v) is 1.61. The summed E-state index contributed by atoms with van der Waals surface area (Å²) in [5, 5.41) is 27.3. The van der Waals surface area contributed by atoms with Crippen LogP contribution in [0.5, 0.6) is 5.75 Å². The monoisotopic (exact) mass is 300 g/mol. The van der Waals surface area contributed by atoms with Crippen molar-refractivity contribution >= 4 is 0 Å². The Balaban J connectivity index is 2.21. The second kappa shape index (κ2) is 10.5. The van der Waals surface area contributed by atoms with Crippen LogP contribution in [0.25, 0.3) is 0 Å². The molecule has 0 saturated carbocycles. The molecule has 1 aromatic carbocycles. The Hall–Kier alpha value is -1.18. The molecule has 0 heterocycles. The Morgan fingerprint density at radius 3 is 2.29 bits per heavy atom. The van der Waals surface area contributed by atoms with Gasteiger partial charge in [0.25, 0.3) is 0 Å². The number of aliphatic hydroxyl groups is 3. The first-order chi connectivity index (χ1) is 10.2. The molecule has 2 unspecified atom stereocenters. The minimum absolute atomic E-state index is 0.0121. The van der Waals surface area contributed by atoms with E-state index in [-0.39, 0.29) is 26.4 Å². The summed E-state index contributed by atoms with van der Waals surface area (Å²) in [6.07, 6.45) is -0.859. The minimum atomic E-state index is -0.919. The SMILES string of the molecule is COCCc1ccc(OCC(O)COCC(O)CO)cc1. The lowest BCUT2D eigenvalue weighted by atomic mass is 10.1. The third-order valence-electron chi connectivity index (χ3n) is 2.79. The fraction of sp³-hybridized carbons (Fsp3) is 0.600. The zero-order valence-electron chi connectivity index (χ0n) is 12.3. The molecule has 0 bridgehead atoms. The summed E-state index contributed by atoms with van der Waals surface area (Å²) in [7, 11) is 1.67. The van der Waals surface area contributed by atoms with Crippen LogP contribution in [-0.2, 0) is 15.9 Å². The second-order valence-electron chi connectivity index (χ2n) is 4.73. The van der Waals surface area contributed by atoms with Crippen LogP contribution in [0.4, 0.5) is 0 Å². The molecule has 120 valence electrons. The van der Waals surface area contributed by atoms with Crippen molar-refractivity contribution in [3.05, 3.63) is 29.8 Å². The first-order valence-corrected chi connectivity index (χ1v) is 6.91. The maximum absolute atomic E-state index is 9.66. The number of methoxy groups -OCH3 is 1. The van der Waals surface area contributed by atoms with Gasteiger partial charge < -0.3 is 29.5 Å². The smallest absolute Gasteiger partial charge is 0.119 e. The molecule has 1 aromatic rings. The fourth-order valence-electron chi connectivity index (χ4n) is 1.61. The van der Waals surface area contributed by atoms with Crippen molar-refractivity contribution in [2.24, 2.45) is 0 Å². The van der Waals surface area contributed by atoms with Crippen molar-refractivity contribution in [1.82, 2.24) is 0 Å². The predicted octanol–water partition coefficient (Wildman–Crippen LogP) is -0.0150. The molecule has 0 fully saturated rings. The molecular weight excluding hydrogens is 276 g/mol. The maximum Gasteiger partial charge on any atom is 0.119 e. The lowest BCUT2D eigenvalue weighted by Crippen LogP contribution is -2.27. The molecule has 6 heteroatoms. The van der Waals surface area contributed by atoms with Crippen molar-refractivity contribution in [2.45, 2.75) is 18.6 Å². The number of ether oxygens (including phenoxy) is 3. The van der Waals surface area contributed by atoms with Gasteiger partial charge >= 0.3 is 0 Å². The number of rotatable bonds is 11. The summed E-state index contributed by atoms with van der Waals surface area (Å²) in [4.78, 5) is 0. The van der Waals surface area contributed by atoms with Gasteiger partial charge in [-0.25, -0.2) is 0 Å². The molecule has 0 aliphatic rings. The molecule has 0 spiro atoms. The van der Waals surface area contributed by atoms with Crippen LogP contribution in [0, 0.1) is 0 Å². The van der Waals surface area contributed by atoms with E-state index in [9.17, 15) is 5.11 Å². The first-order valence-electron chi connectivity index (χ1n) is 6.91. The van der Waals surface area contributed by atoms with Gasteiger partial charge in [0.15, 0.2) is 0 Å². The van der Waals surface area contributed by atoms with E-state index in [1.54, 1.807) is 7.11 Å². The average Bonchev–Trinajstić information content (AvgIpc) is 2.51. The highest BCUT2D eigenvalue weighted by Crippen LogP contribution is 2.13. The highest BCUT2D eigenvalue weighted by Gasteiger charge is 2.08. The van der Waals surface area contributed by atoms with E-state index in [1.165, 1.54) is 0 Å². The van der Waals surface area contributed by atoms with Gasteiger partial charge in [0.05, 0.1) is 26.4 Å². The summed E-state index contributed by atoms with van der Waals surface area (Å²) in [5.74, 6) is 0.672. The van der Waals surface area contributed by atoms with Gasteiger partial charge in [-0.05, 0) is 24.1 Å². The van der Waals surface area contributed by atoms with E-state index in [0.29, 0.717) is 12.4 Å². The van der Waals surface area contributed by atoms with Gasteiger partial charge in [0.1, 0.15) is 24.6 Å². The summed E-state index contributed by atoms with van der Waals surface area (Å²) < 4.78 is 15.5. The van der Waals surface area contributed by atoms with Crippen LogP contribution in [0.2, 0.25) is 0 Å². The topological polar surface area (TPSA) is 88.4 Å². The molecular formula is C15H24O6. The Morgan fingerprint density at radius 1 is 1.00 bits per heavy atom. The zero-order chi connectivity index (χ0) is 15.5. The van der Waals surface area contributed by atoms with Gasteiger partial charge in [0, 0.05) is 7.11 Å². The quantitative estimate of drug-likeness (QED) is 0.532. The number of aliphatic hydroxyl groups excluding tert-OH is 3. The van der Waals surface area contributed by atoms with Crippen LogP contribution in [0.15, 0.2) is 24.3 Å². The number of hydrogen-bond donors (Lipinski definition) is 3. The molecule has 6 nitrogen and oxygen atoms in total. The molecule has 0 aliphatic carbocycles. The molecule has 0 aliphatic heterocycles. The van der Waals surface area contributed by atoms with Gasteiger partial charge in [-0.1, -0.05) is 12.1 Å². The third-order valence-corrected chi connectivity index (χ3v) is 2.79. The minimum Gasteiger partial charge on any atom is -0.491 e. The average molecular weight is 300 g/mol. The molecule has 3 N–H and O–H groups in total. The number of benzene rings is 1. The largest absolute Gasteiger partial charge is 0.491 e. The molecule has 0 aromatic heterocycles. The Kier molecular flexibility index (Phi) is 8.96. The third kappa shape index (κ3) is 7.99. The van der Waals surface area contributed by atoms with E-state index in [4.69, 9.17) is 24.4 Å². The normalized spacial score (nSPS) is 13.9. The summed E-state index contributed by atoms with van der Waals surface area (Å²) in [6, 6.07) is 7.59. The molecule has 21 heavy (non-hydrogen) atoms. The summed E-state index contributed by atoms with van der Waals surface area (Å²) in [6.45, 7) is 0.454. The molecule has 2 atom stereocenters. The van der Waals surface area contributed by atoms with E-state index in [0.717, 1.165) is 12.0 Å². The molecule has 0 amide bonds. The van der Waals surface area contributed by atoms with E-state index < -0.39 is 12.2 Å². The van der Waals surface area contributed by atoms with Crippen LogP contribution in [-0.4, -0.2) is 67.7 Å². The van der Waals surface area contributed by atoms with Crippen molar-refractivity contribution in [1.29, 1.82) is 0 Å². The van der Waals surface area contributed by atoms with Gasteiger partial charge in [0.2, 0.25) is 0 Å². The van der Waals surface area contributed by atoms with Crippen LogP contribution >= 0.6 is 0 Å². The van der Waals surface area contributed by atoms with Gasteiger partial charge in [-0.3, -0.25) is 0 Å². The van der Waals surface area contributed by atoms with Crippen molar-refractivity contribution in [2.75, 3.05) is 40.1 Å². The van der Waals surface area contributed by atoms with Crippen LogP contribution in [0.3, 0.4) is 0 Å². The van der Waals surface area contributed by atoms with E-state index in [2.05, 4.69) is 0 Å². The lowest BCUT2D eigenvalue weighted by molar-refractivity contribution is -0.0337. The molecule has 1 rings (SSSR count). The van der Waals surface area contributed by atoms with Crippen molar-refractivity contribution in [3.8, 4) is 5.75 Å². The summed E-state index contributed by atoms with van der Waals surface area (Å²) >= 11 is 0. The lowest BCUT2D eigenvalue weighted by Gasteiger charge is -2.14.